The zero-order chi connectivity index (χ0) is 17.6. The number of carbonyl (C=O) groups is 1. The van der Waals surface area contributed by atoms with E-state index >= 15 is 0 Å². The first-order valence-corrected chi connectivity index (χ1v) is 8.33. The molecule has 0 saturated heterocycles. The van der Waals surface area contributed by atoms with Gasteiger partial charge in [-0.25, -0.2) is 9.37 Å². The summed E-state index contributed by atoms with van der Waals surface area (Å²) in [7, 11) is 0. The first-order chi connectivity index (χ1) is 12.1. The Morgan fingerprint density at radius 3 is 2.60 bits per heavy atom. The highest BCUT2D eigenvalue weighted by Gasteiger charge is 2.10. The summed E-state index contributed by atoms with van der Waals surface area (Å²) in [5.41, 5.74) is 6.37. The number of hydrogen-bond acceptors (Lipinski definition) is 5. The van der Waals surface area contributed by atoms with Gasteiger partial charge in [0.1, 0.15) is 35.5 Å². The first-order valence-electron chi connectivity index (χ1n) is 7.45. The maximum atomic E-state index is 12.8. The first kappa shape index (κ1) is 16.9. The third-order valence-electron chi connectivity index (χ3n) is 3.30. The lowest BCUT2D eigenvalue weighted by molar-refractivity contribution is 0.0996. The topological polar surface area (TPSA) is 74.4 Å². The Bertz CT molecular complexity index is 865. The van der Waals surface area contributed by atoms with Crippen molar-refractivity contribution in [1.82, 2.24) is 4.98 Å². The highest BCUT2D eigenvalue weighted by atomic mass is 32.1. The van der Waals surface area contributed by atoms with Crippen molar-refractivity contribution < 1.29 is 18.7 Å². The average molecular weight is 358 g/mol. The molecule has 0 unspecified atom stereocenters. The standard InChI is InChI=1S/C18H15FN2O3S/c19-12-5-7-14(8-6-12)23-10-17-21-13(11-25-17)9-24-16-4-2-1-3-15(16)18(20)22/h1-8,11H,9-10H2,(H2,20,22). The fraction of sp³-hybridized carbons (Fsp3) is 0.111. The van der Waals surface area contributed by atoms with E-state index in [1.54, 1.807) is 36.4 Å². The summed E-state index contributed by atoms with van der Waals surface area (Å²) in [6, 6.07) is 12.6. The highest BCUT2D eigenvalue weighted by molar-refractivity contribution is 7.09. The molecule has 1 aromatic heterocycles. The molecule has 7 heteroatoms. The maximum Gasteiger partial charge on any atom is 0.252 e. The number of ether oxygens (including phenoxy) is 2. The van der Waals surface area contributed by atoms with Gasteiger partial charge in [-0.05, 0) is 36.4 Å². The van der Waals surface area contributed by atoms with E-state index in [1.165, 1.54) is 23.5 Å². The van der Waals surface area contributed by atoms with Gasteiger partial charge in [0.25, 0.3) is 5.91 Å². The molecule has 1 amide bonds. The molecule has 2 N–H and O–H groups in total. The number of amides is 1. The Kier molecular flexibility index (Phi) is 5.25. The molecule has 2 aromatic carbocycles. The monoisotopic (exact) mass is 358 g/mol. The van der Waals surface area contributed by atoms with Crippen molar-refractivity contribution in [3.05, 3.63) is 76.0 Å². The molecule has 0 saturated carbocycles. The summed E-state index contributed by atoms with van der Waals surface area (Å²) < 4.78 is 24.0. The van der Waals surface area contributed by atoms with Gasteiger partial charge in [0.2, 0.25) is 0 Å². The molecule has 3 aromatic rings. The van der Waals surface area contributed by atoms with Crippen LogP contribution in [0.3, 0.4) is 0 Å². The number of nitrogens with two attached hydrogens (primary N) is 1. The van der Waals surface area contributed by atoms with Crippen molar-refractivity contribution in [3.63, 3.8) is 0 Å². The Hall–Kier alpha value is -2.93. The molecule has 0 aliphatic carbocycles. The van der Waals surface area contributed by atoms with E-state index in [9.17, 15) is 9.18 Å². The minimum Gasteiger partial charge on any atom is -0.486 e. The van der Waals surface area contributed by atoms with Crippen LogP contribution >= 0.6 is 11.3 Å². The smallest absolute Gasteiger partial charge is 0.252 e. The Morgan fingerprint density at radius 2 is 1.84 bits per heavy atom. The van der Waals surface area contributed by atoms with Crippen LogP contribution in [0.5, 0.6) is 11.5 Å². The maximum absolute atomic E-state index is 12.8. The lowest BCUT2D eigenvalue weighted by atomic mass is 10.2. The molecule has 0 fully saturated rings. The number of carbonyl (C=O) groups excluding carboxylic acids is 1. The highest BCUT2D eigenvalue weighted by Crippen LogP contribution is 2.20. The van der Waals surface area contributed by atoms with Gasteiger partial charge in [-0.2, -0.15) is 0 Å². The van der Waals surface area contributed by atoms with Crippen LogP contribution in [-0.4, -0.2) is 10.9 Å². The quantitative estimate of drug-likeness (QED) is 0.701. The predicted octanol–water partition coefficient (Wildman–Crippen LogP) is 3.54. The van der Waals surface area contributed by atoms with E-state index < -0.39 is 5.91 Å². The molecule has 0 aliphatic heterocycles. The molecule has 0 aliphatic rings. The van der Waals surface area contributed by atoms with Gasteiger partial charge in [-0.3, -0.25) is 4.79 Å². The van der Waals surface area contributed by atoms with E-state index in [1.807, 2.05) is 5.38 Å². The molecule has 0 bridgehead atoms. The van der Waals surface area contributed by atoms with Gasteiger partial charge in [-0.1, -0.05) is 12.1 Å². The van der Waals surface area contributed by atoms with Crippen LogP contribution in [0.1, 0.15) is 21.1 Å². The zero-order valence-electron chi connectivity index (χ0n) is 13.1. The van der Waals surface area contributed by atoms with E-state index in [-0.39, 0.29) is 19.0 Å². The fourth-order valence-corrected chi connectivity index (χ4v) is 2.79. The molecule has 3 rings (SSSR count). The molecule has 0 atom stereocenters. The summed E-state index contributed by atoms with van der Waals surface area (Å²) in [5.74, 6) is 0.149. The zero-order valence-corrected chi connectivity index (χ0v) is 14.0. The fourth-order valence-electron chi connectivity index (χ4n) is 2.11. The summed E-state index contributed by atoms with van der Waals surface area (Å²) in [4.78, 5) is 15.8. The van der Waals surface area contributed by atoms with Crippen molar-refractivity contribution in [3.8, 4) is 11.5 Å². The number of para-hydroxylation sites is 1. The second-order valence-electron chi connectivity index (χ2n) is 5.12. The number of halogens is 1. The molecule has 128 valence electrons. The van der Waals surface area contributed by atoms with Crippen molar-refractivity contribution in [2.24, 2.45) is 5.73 Å². The largest absolute Gasteiger partial charge is 0.486 e. The number of nitrogens with zero attached hydrogens (tertiary/aromatic N) is 1. The third-order valence-corrected chi connectivity index (χ3v) is 4.17. The minimum absolute atomic E-state index is 0.220. The molecular formula is C18H15FN2O3S. The Labute approximate surface area is 147 Å². The second-order valence-corrected chi connectivity index (χ2v) is 6.07. The molecule has 1 heterocycles. The van der Waals surface area contributed by atoms with Crippen LogP contribution in [0, 0.1) is 5.82 Å². The molecule has 25 heavy (non-hydrogen) atoms. The van der Waals surface area contributed by atoms with Crippen molar-refractivity contribution in [2.45, 2.75) is 13.2 Å². The van der Waals surface area contributed by atoms with E-state index in [0.717, 1.165) is 10.7 Å². The van der Waals surface area contributed by atoms with E-state index in [4.69, 9.17) is 15.2 Å². The van der Waals surface area contributed by atoms with Crippen LogP contribution in [0.4, 0.5) is 4.39 Å². The second kappa shape index (κ2) is 7.76. The van der Waals surface area contributed by atoms with Crippen LogP contribution < -0.4 is 15.2 Å². The summed E-state index contributed by atoms with van der Waals surface area (Å²) in [6.07, 6.45) is 0. The van der Waals surface area contributed by atoms with E-state index in [0.29, 0.717) is 17.1 Å². The number of thiazole rings is 1. The van der Waals surface area contributed by atoms with Gasteiger partial charge < -0.3 is 15.2 Å². The number of hydrogen-bond donors (Lipinski definition) is 1. The summed E-state index contributed by atoms with van der Waals surface area (Å²) >= 11 is 1.44. The van der Waals surface area contributed by atoms with Gasteiger partial charge in [0, 0.05) is 5.38 Å². The van der Waals surface area contributed by atoms with Crippen molar-refractivity contribution >= 4 is 17.2 Å². The number of rotatable bonds is 7. The van der Waals surface area contributed by atoms with Crippen molar-refractivity contribution in [2.75, 3.05) is 0 Å². The van der Waals surface area contributed by atoms with Crippen LogP contribution in [0.25, 0.3) is 0 Å². The minimum atomic E-state index is -0.540. The average Bonchev–Trinajstić information content (AvgIpc) is 3.07. The normalized spacial score (nSPS) is 10.4. The lowest BCUT2D eigenvalue weighted by Gasteiger charge is -2.07. The molecule has 0 spiro atoms. The van der Waals surface area contributed by atoms with Crippen LogP contribution in [0.2, 0.25) is 0 Å². The van der Waals surface area contributed by atoms with Crippen LogP contribution in [0.15, 0.2) is 53.9 Å². The number of aromatic nitrogens is 1. The number of primary amides is 1. The van der Waals surface area contributed by atoms with Gasteiger partial charge in [0.05, 0.1) is 11.3 Å². The predicted molar refractivity (Wildman–Crippen MR) is 92.1 cm³/mol. The van der Waals surface area contributed by atoms with Crippen LogP contribution in [-0.2, 0) is 13.2 Å². The van der Waals surface area contributed by atoms with Gasteiger partial charge in [-0.15, -0.1) is 11.3 Å². The van der Waals surface area contributed by atoms with Crippen molar-refractivity contribution in [1.29, 1.82) is 0 Å². The Balaban J connectivity index is 1.57. The molecule has 5 nitrogen and oxygen atoms in total. The van der Waals surface area contributed by atoms with Gasteiger partial charge >= 0.3 is 0 Å². The Morgan fingerprint density at radius 1 is 1.08 bits per heavy atom. The molecule has 0 radical (unpaired) electrons. The summed E-state index contributed by atoms with van der Waals surface area (Å²) in [5, 5.41) is 2.63. The lowest BCUT2D eigenvalue weighted by Crippen LogP contribution is -2.13. The molecular weight excluding hydrogens is 343 g/mol. The SMILES string of the molecule is NC(=O)c1ccccc1OCc1csc(COc2ccc(F)cc2)n1. The van der Waals surface area contributed by atoms with E-state index in [2.05, 4.69) is 4.98 Å². The third kappa shape index (κ3) is 4.54. The van der Waals surface area contributed by atoms with Gasteiger partial charge in [0.15, 0.2) is 0 Å². The number of benzene rings is 2. The summed E-state index contributed by atoms with van der Waals surface area (Å²) in [6.45, 7) is 0.505.